The fraction of sp³-hybridized carbons (Fsp3) is 0.571. The molecule has 0 atom stereocenters. The van der Waals surface area contributed by atoms with Crippen LogP contribution < -0.4 is 4.72 Å². The van der Waals surface area contributed by atoms with E-state index >= 15 is 0 Å². The molecule has 1 N–H and O–H groups in total. The number of halogens is 2. The Hall–Kier alpha value is -0.100. The van der Waals surface area contributed by atoms with Crippen molar-refractivity contribution in [3.63, 3.8) is 0 Å². The summed E-state index contributed by atoms with van der Waals surface area (Å²) in [6.45, 7) is 4.46. The van der Waals surface area contributed by atoms with Crippen LogP contribution in [0.5, 0.6) is 0 Å². The summed E-state index contributed by atoms with van der Waals surface area (Å²) in [4.78, 5) is 0.218. The number of hydrogen-bond acceptors (Lipinski definition) is 2. The molecule has 0 saturated heterocycles. The highest BCUT2D eigenvalue weighted by Gasteiger charge is 2.29. The molecule has 2 rings (SSSR count). The second-order valence-electron chi connectivity index (χ2n) is 6.14. The number of benzene rings is 1. The molecule has 1 aromatic rings. The number of nitrogens with one attached hydrogen (secondary N) is 1. The fourth-order valence-electron chi connectivity index (χ4n) is 2.45. The van der Waals surface area contributed by atoms with E-state index in [4.69, 9.17) is 11.6 Å². The molecular formula is C14H19BrClNO2S. The van der Waals surface area contributed by atoms with Gasteiger partial charge in [-0.1, -0.05) is 25.4 Å². The molecule has 0 aromatic heterocycles. The molecule has 0 amide bonds. The molecule has 0 aliphatic heterocycles. The van der Waals surface area contributed by atoms with E-state index in [1.807, 2.05) is 0 Å². The van der Waals surface area contributed by atoms with Gasteiger partial charge in [-0.2, -0.15) is 0 Å². The van der Waals surface area contributed by atoms with E-state index in [1.165, 1.54) is 6.07 Å². The fourth-order valence-corrected chi connectivity index (χ4v) is 4.27. The molecule has 0 radical (unpaired) electrons. The molecule has 0 unspecified atom stereocenters. The van der Waals surface area contributed by atoms with Gasteiger partial charge >= 0.3 is 0 Å². The Labute approximate surface area is 134 Å². The molecule has 0 bridgehead atoms. The van der Waals surface area contributed by atoms with Gasteiger partial charge in [0, 0.05) is 10.5 Å². The van der Waals surface area contributed by atoms with E-state index in [-0.39, 0.29) is 10.9 Å². The molecule has 6 heteroatoms. The van der Waals surface area contributed by atoms with E-state index in [1.54, 1.807) is 12.1 Å². The first-order valence-electron chi connectivity index (χ1n) is 6.67. The molecule has 1 aliphatic rings. The molecule has 20 heavy (non-hydrogen) atoms. The maximum absolute atomic E-state index is 12.3. The lowest BCUT2D eigenvalue weighted by atomic mass is 9.76. The molecular weight excluding hydrogens is 362 g/mol. The largest absolute Gasteiger partial charge is 0.240 e. The van der Waals surface area contributed by atoms with Crippen molar-refractivity contribution in [2.75, 3.05) is 0 Å². The lowest BCUT2D eigenvalue weighted by molar-refractivity contribution is 0.218. The van der Waals surface area contributed by atoms with Gasteiger partial charge in [0.15, 0.2) is 0 Å². The Morgan fingerprint density at radius 1 is 1.30 bits per heavy atom. The highest BCUT2D eigenvalue weighted by Crippen LogP contribution is 2.35. The number of hydrogen-bond donors (Lipinski definition) is 1. The predicted molar refractivity (Wildman–Crippen MR) is 85.5 cm³/mol. The SMILES string of the molecule is CC1(C)CCC(NS(=O)(=O)c2ccc(Br)c(Cl)c2)CC1. The minimum atomic E-state index is -3.49. The van der Waals surface area contributed by atoms with Gasteiger partial charge in [0.1, 0.15) is 0 Å². The van der Waals surface area contributed by atoms with Crippen LogP contribution in [0.3, 0.4) is 0 Å². The monoisotopic (exact) mass is 379 g/mol. The third-order valence-corrected chi connectivity index (χ3v) is 6.61. The highest BCUT2D eigenvalue weighted by molar-refractivity contribution is 9.10. The summed E-state index contributed by atoms with van der Waals surface area (Å²) in [6.07, 6.45) is 3.86. The highest BCUT2D eigenvalue weighted by atomic mass is 79.9. The zero-order chi connectivity index (χ0) is 15.0. The molecule has 3 nitrogen and oxygen atoms in total. The van der Waals surface area contributed by atoms with Crippen LogP contribution >= 0.6 is 27.5 Å². The van der Waals surface area contributed by atoms with E-state index in [2.05, 4.69) is 34.5 Å². The minimum absolute atomic E-state index is 0.0236. The lowest BCUT2D eigenvalue weighted by Crippen LogP contribution is -2.39. The van der Waals surface area contributed by atoms with Crippen molar-refractivity contribution in [1.29, 1.82) is 0 Å². The van der Waals surface area contributed by atoms with Crippen LogP contribution in [0.2, 0.25) is 5.02 Å². The van der Waals surface area contributed by atoms with Gasteiger partial charge in [-0.05, 0) is 65.2 Å². The van der Waals surface area contributed by atoms with Crippen molar-refractivity contribution >= 4 is 37.6 Å². The van der Waals surface area contributed by atoms with Crippen molar-refractivity contribution in [2.24, 2.45) is 5.41 Å². The molecule has 1 aliphatic carbocycles. The summed E-state index contributed by atoms with van der Waals surface area (Å²) in [7, 11) is -3.49. The predicted octanol–water partition coefficient (Wildman–Crippen LogP) is 4.35. The van der Waals surface area contributed by atoms with Crippen LogP contribution in [0.4, 0.5) is 0 Å². The average molecular weight is 381 g/mol. The molecule has 112 valence electrons. The standard InChI is InChI=1S/C14H19BrClNO2S/c1-14(2)7-5-10(6-8-14)17-20(18,19)11-3-4-12(15)13(16)9-11/h3-4,9-10,17H,5-8H2,1-2H3. The molecule has 1 aromatic carbocycles. The average Bonchev–Trinajstić information content (AvgIpc) is 2.35. The molecule has 0 spiro atoms. The molecule has 0 heterocycles. The second kappa shape index (κ2) is 5.95. The minimum Gasteiger partial charge on any atom is -0.208 e. The first-order valence-corrected chi connectivity index (χ1v) is 9.32. The Kier molecular flexibility index (Phi) is 4.84. The maximum atomic E-state index is 12.3. The Bertz CT molecular complexity index is 591. The quantitative estimate of drug-likeness (QED) is 0.847. The normalized spacial score (nSPS) is 20.0. The van der Waals surface area contributed by atoms with Gasteiger partial charge in [-0.25, -0.2) is 13.1 Å². The van der Waals surface area contributed by atoms with Gasteiger partial charge in [0.05, 0.1) is 9.92 Å². The summed E-state index contributed by atoms with van der Waals surface area (Å²) in [6, 6.07) is 4.71. The van der Waals surface area contributed by atoms with Gasteiger partial charge in [-0.15, -0.1) is 0 Å². The van der Waals surface area contributed by atoms with Gasteiger partial charge in [0.2, 0.25) is 10.0 Å². The third-order valence-electron chi connectivity index (χ3n) is 3.86. The first-order chi connectivity index (χ1) is 9.20. The van der Waals surface area contributed by atoms with Crippen molar-refractivity contribution in [3.05, 3.63) is 27.7 Å². The van der Waals surface area contributed by atoms with Crippen LogP contribution in [0.25, 0.3) is 0 Å². The zero-order valence-corrected chi connectivity index (χ0v) is 14.8. The van der Waals surface area contributed by atoms with Crippen LogP contribution in [0.1, 0.15) is 39.5 Å². The van der Waals surface area contributed by atoms with Crippen LogP contribution in [0.15, 0.2) is 27.6 Å². The van der Waals surface area contributed by atoms with Gasteiger partial charge in [0.25, 0.3) is 0 Å². The van der Waals surface area contributed by atoms with Crippen molar-refractivity contribution in [3.8, 4) is 0 Å². The maximum Gasteiger partial charge on any atom is 0.240 e. The number of rotatable bonds is 3. The van der Waals surface area contributed by atoms with E-state index in [9.17, 15) is 8.42 Å². The van der Waals surface area contributed by atoms with E-state index in [0.717, 1.165) is 25.7 Å². The zero-order valence-electron chi connectivity index (χ0n) is 11.6. The topological polar surface area (TPSA) is 46.2 Å². The lowest BCUT2D eigenvalue weighted by Gasteiger charge is -2.34. The molecule has 1 saturated carbocycles. The summed E-state index contributed by atoms with van der Waals surface area (Å²) < 4.78 is 28.2. The van der Waals surface area contributed by atoms with Gasteiger partial charge in [-0.3, -0.25) is 0 Å². The van der Waals surface area contributed by atoms with Crippen molar-refractivity contribution in [1.82, 2.24) is 4.72 Å². The summed E-state index contributed by atoms with van der Waals surface area (Å²) in [5.74, 6) is 0. The Morgan fingerprint density at radius 2 is 1.90 bits per heavy atom. The van der Waals surface area contributed by atoms with Crippen LogP contribution in [0, 0.1) is 5.41 Å². The third kappa shape index (κ3) is 3.97. The summed E-state index contributed by atoms with van der Waals surface area (Å²) in [5.41, 5.74) is 0.322. The van der Waals surface area contributed by atoms with Crippen LogP contribution in [-0.2, 0) is 10.0 Å². The van der Waals surface area contributed by atoms with Crippen molar-refractivity contribution < 1.29 is 8.42 Å². The number of sulfonamides is 1. The van der Waals surface area contributed by atoms with Gasteiger partial charge < -0.3 is 0 Å². The van der Waals surface area contributed by atoms with E-state index in [0.29, 0.717) is 14.9 Å². The molecule has 1 fully saturated rings. The second-order valence-corrected chi connectivity index (χ2v) is 9.11. The Morgan fingerprint density at radius 3 is 2.45 bits per heavy atom. The summed E-state index contributed by atoms with van der Waals surface area (Å²) in [5, 5.41) is 0.401. The summed E-state index contributed by atoms with van der Waals surface area (Å²) >= 11 is 9.22. The van der Waals surface area contributed by atoms with Crippen LogP contribution in [-0.4, -0.2) is 14.5 Å². The van der Waals surface area contributed by atoms with Crippen molar-refractivity contribution in [2.45, 2.75) is 50.5 Å². The Balaban J connectivity index is 2.10. The smallest absolute Gasteiger partial charge is 0.208 e. The van der Waals surface area contributed by atoms with E-state index < -0.39 is 10.0 Å². The first kappa shape index (κ1) is 16.3.